The first-order valence-corrected chi connectivity index (χ1v) is 15.1. The van der Waals surface area contributed by atoms with Gasteiger partial charge in [0.05, 0.1) is 33.0 Å². The molecule has 0 heterocycles. The van der Waals surface area contributed by atoms with Crippen LogP contribution in [0.15, 0.2) is 0 Å². The topological polar surface area (TPSA) is 112 Å². The summed E-state index contributed by atoms with van der Waals surface area (Å²) in [6, 6.07) is 0. The van der Waals surface area contributed by atoms with Gasteiger partial charge in [-0.3, -0.25) is 4.55 Å². The van der Waals surface area contributed by atoms with Crippen LogP contribution in [0.2, 0.25) is 0 Å². The number of aliphatic hydroxyl groups excluding tert-OH is 1. The maximum absolute atomic E-state index is 14.7. The van der Waals surface area contributed by atoms with Crippen LogP contribution in [-0.2, 0) is 20.1 Å². The first-order chi connectivity index (χ1) is 20.6. The van der Waals surface area contributed by atoms with Gasteiger partial charge in [-0.2, -0.15) is 96.1 Å². The number of aliphatic hydroxyl groups is 1. The maximum atomic E-state index is 14.7. The first kappa shape index (κ1) is 46.4. The minimum absolute atomic E-state index is 0.197. The van der Waals surface area contributed by atoms with Crippen molar-refractivity contribution < 1.29 is 114 Å². The summed E-state index contributed by atoms with van der Waals surface area (Å²) in [4.78, 5) is 0. The molecular formula is C19H24F19N2O6S2+. The molecule has 8 nitrogen and oxygen atoms in total. The van der Waals surface area contributed by atoms with Crippen LogP contribution in [-0.4, -0.2) is 141 Å². The van der Waals surface area contributed by atoms with Crippen molar-refractivity contribution in [2.75, 3.05) is 52.6 Å². The van der Waals surface area contributed by atoms with Gasteiger partial charge in [0, 0.05) is 19.5 Å². The highest BCUT2D eigenvalue weighted by atomic mass is 32.2. The SMILES string of the molecule is C[N+](C)(CCO)CCCN(CCCS(=O)(=O)O)S(=O)(=O)C(F)(F)C(F)(F)C(F)(F)C(F)(F)C(F)(F)C(F)(F)C(F)(F)C(F)(F)C(F)(F)F. The fraction of sp³-hybridized carbons (Fsp3) is 1.00. The van der Waals surface area contributed by atoms with E-state index in [1.807, 2.05) is 0 Å². The number of likely N-dealkylation sites (N-methyl/N-ethyl adjacent to an activating group) is 1. The van der Waals surface area contributed by atoms with E-state index in [9.17, 15) is 100 Å². The zero-order valence-corrected chi connectivity index (χ0v) is 25.2. The molecule has 0 aromatic heterocycles. The number of nitrogens with zero attached hydrogens (tertiary/aromatic N) is 2. The van der Waals surface area contributed by atoms with Crippen molar-refractivity contribution in [3.63, 3.8) is 0 Å². The van der Waals surface area contributed by atoms with Crippen LogP contribution in [0.5, 0.6) is 0 Å². The van der Waals surface area contributed by atoms with Gasteiger partial charge < -0.3 is 9.59 Å². The van der Waals surface area contributed by atoms with Gasteiger partial charge in [0.1, 0.15) is 6.54 Å². The number of rotatable bonds is 19. The largest absolute Gasteiger partial charge is 0.460 e. The van der Waals surface area contributed by atoms with Gasteiger partial charge in [0.25, 0.3) is 20.1 Å². The van der Waals surface area contributed by atoms with Crippen LogP contribution >= 0.6 is 0 Å². The second kappa shape index (κ2) is 13.5. The summed E-state index contributed by atoms with van der Waals surface area (Å²) in [5, 5.41) is 1.04. The number of quaternary nitrogens is 1. The predicted molar refractivity (Wildman–Crippen MR) is 121 cm³/mol. The molecule has 29 heteroatoms. The lowest BCUT2D eigenvalue weighted by atomic mass is 9.89. The fourth-order valence-corrected chi connectivity index (χ4v) is 5.51. The van der Waals surface area contributed by atoms with Crippen molar-refractivity contribution in [2.24, 2.45) is 0 Å². The van der Waals surface area contributed by atoms with Crippen molar-refractivity contribution in [3.8, 4) is 0 Å². The molecule has 0 spiro atoms. The molecule has 0 aromatic rings. The molecule has 0 aromatic carbocycles. The van der Waals surface area contributed by atoms with Crippen molar-refractivity contribution in [3.05, 3.63) is 0 Å². The van der Waals surface area contributed by atoms with Gasteiger partial charge in [-0.15, -0.1) is 0 Å². The summed E-state index contributed by atoms with van der Waals surface area (Å²) in [5.41, 5.74) is 0. The summed E-state index contributed by atoms with van der Waals surface area (Å²) in [5.74, 6) is -64.3. The van der Waals surface area contributed by atoms with Gasteiger partial charge in [-0.1, -0.05) is 0 Å². The average molecular weight is 802 g/mol. The lowest BCUT2D eigenvalue weighted by Crippen LogP contribution is -2.76. The molecule has 0 rings (SSSR count). The molecule has 0 radical (unpaired) electrons. The van der Waals surface area contributed by atoms with Gasteiger partial charge >= 0.3 is 52.9 Å². The van der Waals surface area contributed by atoms with E-state index in [0.717, 1.165) is 0 Å². The molecule has 0 fully saturated rings. The molecule has 0 atom stereocenters. The van der Waals surface area contributed by atoms with Crippen molar-refractivity contribution in [1.82, 2.24) is 4.31 Å². The molecule has 0 aliphatic heterocycles. The van der Waals surface area contributed by atoms with E-state index in [0.29, 0.717) is 0 Å². The van der Waals surface area contributed by atoms with Gasteiger partial charge in [0.2, 0.25) is 0 Å². The number of hydrogen-bond acceptors (Lipinski definition) is 5. The smallest absolute Gasteiger partial charge is 0.391 e. The Kier molecular flexibility index (Phi) is 13.1. The molecule has 0 amide bonds. The summed E-state index contributed by atoms with van der Waals surface area (Å²) < 4.78 is 313. The van der Waals surface area contributed by atoms with Gasteiger partial charge in [0.15, 0.2) is 0 Å². The Labute approximate surface area is 257 Å². The molecule has 0 unspecified atom stereocenters. The van der Waals surface area contributed by atoms with Crippen molar-refractivity contribution in [2.45, 2.75) is 65.7 Å². The van der Waals surface area contributed by atoms with E-state index < -0.39 is 122 Å². The zero-order chi connectivity index (χ0) is 39.2. The van der Waals surface area contributed by atoms with Gasteiger partial charge in [-0.05, 0) is 6.42 Å². The molecule has 290 valence electrons. The molecule has 0 saturated heterocycles. The third kappa shape index (κ3) is 7.83. The zero-order valence-electron chi connectivity index (χ0n) is 23.6. The third-order valence-corrected chi connectivity index (χ3v) is 9.19. The quantitative estimate of drug-likeness (QED) is 0.109. The van der Waals surface area contributed by atoms with E-state index in [1.165, 1.54) is 14.1 Å². The fourth-order valence-electron chi connectivity index (χ4n) is 3.50. The molecule has 48 heavy (non-hydrogen) atoms. The predicted octanol–water partition coefficient (Wildman–Crippen LogP) is 4.96. The monoisotopic (exact) mass is 801 g/mol. The van der Waals surface area contributed by atoms with Crippen LogP contribution in [0.25, 0.3) is 0 Å². The average Bonchev–Trinajstić information content (AvgIpc) is 2.85. The van der Waals surface area contributed by atoms with Crippen LogP contribution in [0.4, 0.5) is 83.4 Å². The Morgan fingerprint density at radius 3 is 1.21 bits per heavy atom. The minimum Gasteiger partial charge on any atom is -0.391 e. The molecule has 0 aliphatic rings. The highest BCUT2D eigenvalue weighted by molar-refractivity contribution is 7.90. The summed E-state index contributed by atoms with van der Waals surface area (Å²) in [7, 11) is -10.4. The second-order valence-corrected chi connectivity index (χ2v) is 14.1. The Bertz CT molecular complexity index is 1330. The molecular weight excluding hydrogens is 777 g/mol. The van der Waals surface area contributed by atoms with E-state index in [4.69, 9.17) is 9.66 Å². The van der Waals surface area contributed by atoms with Crippen LogP contribution in [0.1, 0.15) is 12.8 Å². The number of hydrogen-bond donors (Lipinski definition) is 2. The summed E-state index contributed by atoms with van der Waals surface area (Å²) >= 11 is 0. The van der Waals surface area contributed by atoms with E-state index in [-0.39, 0.29) is 11.0 Å². The number of alkyl halides is 19. The minimum atomic E-state index is -9.24. The maximum Gasteiger partial charge on any atom is 0.460 e. The number of halogens is 19. The molecule has 0 saturated carbocycles. The summed E-state index contributed by atoms with van der Waals surface area (Å²) in [6.45, 7) is -4.63. The van der Waals surface area contributed by atoms with Crippen molar-refractivity contribution >= 4 is 20.1 Å². The van der Waals surface area contributed by atoms with E-state index >= 15 is 0 Å². The highest BCUT2D eigenvalue weighted by Crippen LogP contribution is 2.65. The Morgan fingerprint density at radius 1 is 0.542 bits per heavy atom. The molecule has 0 bridgehead atoms. The third-order valence-electron chi connectivity index (χ3n) is 6.44. The van der Waals surface area contributed by atoms with Crippen LogP contribution in [0.3, 0.4) is 0 Å². The Hall–Kier alpha value is -1.59. The normalized spacial score (nSPS) is 16.2. The molecule has 2 N–H and O–H groups in total. The van der Waals surface area contributed by atoms with Crippen LogP contribution in [0, 0.1) is 0 Å². The first-order valence-electron chi connectivity index (χ1n) is 12.1. The van der Waals surface area contributed by atoms with E-state index in [1.54, 1.807) is 0 Å². The second-order valence-electron chi connectivity index (χ2n) is 10.5. The summed E-state index contributed by atoms with van der Waals surface area (Å²) in [6.07, 6.45) is -10.3. The Morgan fingerprint density at radius 2 is 0.875 bits per heavy atom. The highest BCUT2D eigenvalue weighted by Gasteiger charge is 2.97. The Balaban J connectivity index is 7.15. The van der Waals surface area contributed by atoms with Crippen molar-refractivity contribution in [1.29, 1.82) is 0 Å². The number of sulfonamides is 1. The van der Waals surface area contributed by atoms with Crippen LogP contribution < -0.4 is 0 Å². The lowest BCUT2D eigenvalue weighted by Gasteiger charge is -2.44. The van der Waals surface area contributed by atoms with Gasteiger partial charge in [-0.25, -0.2) is 8.42 Å². The molecule has 0 aliphatic carbocycles. The van der Waals surface area contributed by atoms with E-state index in [2.05, 4.69) is 0 Å². The lowest BCUT2D eigenvalue weighted by molar-refractivity contribution is -0.890. The standard InChI is InChI=1S/C19H23F19N2O6S2/c1-40(2,8-9-41)7-3-5-39(6-4-10-47(42,43)44)48(45,46)19(37,38)17(32,33)15(28,29)13(24,25)11(20,21)12(22,23)14(26,27)16(30,31)18(34,35)36/h41H,3-10H2,1-2H3/p+1.